The van der Waals surface area contributed by atoms with Crippen LogP contribution >= 0.6 is 0 Å². The average molecular weight is 202 g/mol. The van der Waals surface area contributed by atoms with Crippen molar-refractivity contribution < 1.29 is 9.53 Å². The molecular formula is C10H22N2O2. The first-order valence-electron chi connectivity index (χ1n) is 5.02. The molecule has 0 rings (SSSR count). The molecule has 1 unspecified atom stereocenters. The van der Waals surface area contributed by atoms with Gasteiger partial charge in [-0.25, -0.2) is 0 Å². The zero-order valence-corrected chi connectivity index (χ0v) is 9.81. The molecule has 2 N–H and O–H groups in total. The summed E-state index contributed by atoms with van der Waals surface area (Å²) in [5.74, 6) is -0.00250. The highest BCUT2D eigenvalue weighted by atomic mass is 16.5. The van der Waals surface area contributed by atoms with Crippen LogP contribution in [-0.4, -0.2) is 37.7 Å². The molecule has 0 saturated carbocycles. The van der Waals surface area contributed by atoms with Crippen LogP contribution in [0, 0.1) is 0 Å². The summed E-state index contributed by atoms with van der Waals surface area (Å²) in [7, 11) is 1.63. The second-order valence-corrected chi connectivity index (χ2v) is 3.91. The number of ether oxygens (including phenoxy) is 1. The minimum absolute atomic E-state index is 0.00250. The Morgan fingerprint density at radius 2 is 2.07 bits per heavy atom. The van der Waals surface area contributed by atoms with E-state index in [1.54, 1.807) is 7.05 Å². The van der Waals surface area contributed by atoms with E-state index >= 15 is 0 Å². The molecule has 0 fully saturated rings. The first-order chi connectivity index (χ1) is 6.43. The van der Waals surface area contributed by atoms with Crippen LogP contribution in [0.4, 0.5) is 0 Å². The molecule has 0 heterocycles. The second-order valence-electron chi connectivity index (χ2n) is 3.91. The number of amides is 1. The summed E-state index contributed by atoms with van der Waals surface area (Å²) in [5.41, 5.74) is -0.225. The molecule has 4 nitrogen and oxygen atoms in total. The SMILES string of the molecule is CCOC(C)(C)CNC(C)C(=O)NC. The monoisotopic (exact) mass is 202 g/mol. The van der Waals surface area contributed by atoms with Crippen LogP contribution in [-0.2, 0) is 9.53 Å². The van der Waals surface area contributed by atoms with E-state index in [-0.39, 0.29) is 17.6 Å². The van der Waals surface area contributed by atoms with Crippen molar-refractivity contribution in [2.75, 3.05) is 20.2 Å². The summed E-state index contributed by atoms with van der Waals surface area (Å²) in [5, 5.41) is 5.71. The summed E-state index contributed by atoms with van der Waals surface area (Å²) < 4.78 is 5.50. The number of hydrogen-bond acceptors (Lipinski definition) is 3. The fourth-order valence-corrected chi connectivity index (χ4v) is 1.15. The topological polar surface area (TPSA) is 50.4 Å². The van der Waals surface area contributed by atoms with E-state index in [0.29, 0.717) is 13.2 Å². The van der Waals surface area contributed by atoms with Crippen molar-refractivity contribution in [3.8, 4) is 0 Å². The zero-order chi connectivity index (χ0) is 11.2. The van der Waals surface area contributed by atoms with Gasteiger partial charge in [0.2, 0.25) is 5.91 Å². The van der Waals surface area contributed by atoms with Gasteiger partial charge in [0.1, 0.15) is 0 Å². The van der Waals surface area contributed by atoms with Crippen molar-refractivity contribution in [3.63, 3.8) is 0 Å². The lowest BCUT2D eigenvalue weighted by molar-refractivity contribution is -0.122. The van der Waals surface area contributed by atoms with Crippen LogP contribution in [0.15, 0.2) is 0 Å². The minimum atomic E-state index is -0.225. The molecule has 0 bridgehead atoms. The smallest absolute Gasteiger partial charge is 0.236 e. The summed E-state index contributed by atoms with van der Waals surface area (Å²) in [6, 6.07) is -0.181. The van der Waals surface area contributed by atoms with Gasteiger partial charge in [-0.1, -0.05) is 0 Å². The Bertz CT molecular complexity index is 181. The molecule has 1 amide bonds. The molecule has 0 aliphatic rings. The number of carbonyl (C=O) groups excluding carboxylic acids is 1. The highest BCUT2D eigenvalue weighted by Gasteiger charge is 2.20. The molecule has 14 heavy (non-hydrogen) atoms. The van der Waals surface area contributed by atoms with Crippen LogP contribution in [0.2, 0.25) is 0 Å². The molecule has 0 aromatic heterocycles. The Morgan fingerprint density at radius 3 is 2.50 bits per heavy atom. The van der Waals surface area contributed by atoms with E-state index < -0.39 is 0 Å². The van der Waals surface area contributed by atoms with E-state index in [1.165, 1.54) is 0 Å². The number of nitrogens with one attached hydrogen (secondary N) is 2. The van der Waals surface area contributed by atoms with Gasteiger partial charge in [0.25, 0.3) is 0 Å². The van der Waals surface area contributed by atoms with Gasteiger partial charge >= 0.3 is 0 Å². The van der Waals surface area contributed by atoms with Crippen LogP contribution < -0.4 is 10.6 Å². The van der Waals surface area contributed by atoms with Gasteiger partial charge in [-0.3, -0.25) is 4.79 Å². The van der Waals surface area contributed by atoms with Gasteiger partial charge in [0.05, 0.1) is 11.6 Å². The maximum Gasteiger partial charge on any atom is 0.236 e. The van der Waals surface area contributed by atoms with Crippen molar-refractivity contribution in [3.05, 3.63) is 0 Å². The molecule has 0 aromatic carbocycles. The second kappa shape index (κ2) is 5.98. The fraction of sp³-hybridized carbons (Fsp3) is 0.900. The molecule has 0 radical (unpaired) electrons. The van der Waals surface area contributed by atoms with Gasteiger partial charge in [-0.2, -0.15) is 0 Å². The third kappa shape index (κ3) is 5.19. The normalized spacial score (nSPS) is 13.8. The van der Waals surface area contributed by atoms with Crippen molar-refractivity contribution in [2.24, 2.45) is 0 Å². The lowest BCUT2D eigenvalue weighted by Crippen LogP contribution is -2.47. The third-order valence-electron chi connectivity index (χ3n) is 2.01. The van der Waals surface area contributed by atoms with Crippen molar-refractivity contribution in [2.45, 2.75) is 39.3 Å². The first-order valence-corrected chi connectivity index (χ1v) is 5.02. The van der Waals surface area contributed by atoms with E-state index in [9.17, 15) is 4.79 Å². The number of hydrogen-bond donors (Lipinski definition) is 2. The van der Waals surface area contributed by atoms with Crippen molar-refractivity contribution in [1.82, 2.24) is 10.6 Å². The van der Waals surface area contributed by atoms with Crippen LogP contribution in [0.25, 0.3) is 0 Å². The average Bonchev–Trinajstić information content (AvgIpc) is 2.13. The van der Waals surface area contributed by atoms with Gasteiger partial charge < -0.3 is 15.4 Å². The highest BCUT2D eigenvalue weighted by Crippen LogP contribution is 2.06. The van der Waals surface area contributed by atoms with Crippen LogP contribution in [0.3, 0.4) is 0 Å². The van der Waals surface area contributed by atoms with E-state index in [2.05, 4.69) is 10.6 Å². The number of rotatable bonds is 6. The highest BCUT2D eigenvalue weighted by molar-refractivity contribution is 5.80. The summed E-state index contributed by atoms with van der Waals surface area (Å²) in [6.07, 6.45) is 0. The minimum Gasteiger partial charge on any atom is -0.375 e. The van der Waals surface area contributed by atoms with Crippen molar-refractivity contribution in [1.29, 1.82) is 0 Å². The molecular weight excluding hydrogens is 180 g/mol. The number of carbonyl (C=O) groups is 1. The standard InChI is InChI=1S/C10H22N2O2/c1-6-14-10(3,4)7-12-8(2)9(13)11-5/h8,12H,6-7H2,1-5H3,(H,11,13). The summed E-state index contributed by atoms with van der Waals surface area (Å²) >= 11 is 0. The molecule has 0 aromatic rings. The lowest BCUT2D eigenvalue weighted by atomic mass is 10.1. The first kappa shape index (κ1) is 13.4. The van der Waals surface area contributed by atoms with Crippen LogP contribution in [0.1, 0.15) is 27.7 Å². The van der Waals surface area contributed by atoms with Gasteiger partial charge in [0.15, 0.2) is 0 Å². The quantitative estimate of drug-likeness (QED) is 0.660. The van der Waals surface area contributed by atoms with E-state index in [1.807, 2.05) is 27.7 Å². The lowest BCUT2D eigenvalue weighted by Gasteiger charge is -2.26. The van der Waals surface area contributed by atoms with E-state index in [4.69, 9.17) is 4.74 Å². The largest absolute Gasteiger partial charge is 0.375 e. The predicted molar refractivity (Wildman–Crippen MR) is 57.2 cm³/mol. The van der Waals surface area contributed by atoms with Gasteiger partial charge in [-0.05, 0) is 27.7 Å². The third-order valence-corrected chi connectivity index (χ3v) is 2.01. The Morgan fingerprint density at radius 1 is 1.50 bits per heavy atom. The number of likely N-dealkylation sites (N-methyl/N-ethyl adjacent to an activating group) is 1. The Kier molecular flexibility index (Phi) is 5.72. The predicted octanol–water partition coefficient (Wildman–Crippen LogP) is 0.526. The molecule has 84 valence electrons. The van der Waals surface area contributed by atoms with E-state index in [0.717, 1.165) is 0 Å². The molecule has 1 atom stereocenters. The van der Waals surface area contributed by atoms with Crippen molar-refractivity contribution >= 4 is 5.91 Å². The van der Waals surface area contributed by atoms with Crippen LogP contribution in [0.5, 0.6) is 0 Å². The molecule has 0 spiro atoms. The summed E-state index contributed by atoms with van der Waals surface area (Å²) in [4.78, 5) is 11.2. The molecule has 0 saturated heterocycles. The molecule has 4 heteroatoms. The molecule has 0 aliphatic carbocycles. The maximum absolute atomic E-state index is 11.2. The zero-order valence-electron chi connectivity index (χ0n) is 9.81. The van der Waals surface area contributed by atoms with Gasteiger partial charge in [-0.15, -0.1) is 0 Å². The molecule has 0 aliphatic heterocycles. The van der Waals surface area contributed by atoms with Gasteiger partial charge in [0, 0.05) is 20.2 Å². The summed E-state index contributed by atoms with van der Waals surface area (Å²) in [6.45, 7) is 9.14. The maximum atomic E-state index is 11.2. The Balaban J connectivity index is 3.86. The fourth-order valence-electron chi connectivity index (χ4n) is 1.15. The Labute approximate surface area is 86.4 Å². The Hall–Kier alpha value is -0.610.